The molecule has 1 aromatic heterocycles. The largest absolute Gasteiger partial charge is 0.417 e. The maximum Gasteiger partial charge on any atom is 0.417 e. The Kier molecular flexibility index (Phi) is 6.64. The molecule has 2 aliphatic rings. The Morgan fingerprint density at radius 3 is 2.47 bits per heavy atom. The molecule has 0 aliphatic carbocycles. The van der Waals surface area contributed by atoms with Crippen LogP contribution in [0.3, 0.4) is 0 Å². The van der Waals surface area contributed by atoms with E-state index in [-0.39, 0.29) is 11.1 Å². The summed E-state index contributed by atoms with van der Waals surface area (Å²) in [7, 11) is 0. The van der Waals surface area contributed by atoms with Crippen LogP contribution in [-0.4, -0.2) is 61.7 Å². The van der Waals surface area contributed by atoms with E-state index < -0.39 is 11.7 Å². The number of hydrogen-bond donors (Lipinski definition) is 1. The molecule has 1 atom stereocenters. The molecule has 0 bridgehead atoms. The lowest BCUT2D eigenvalue weighted by Crippen LogP contribution is -2.52. The van der Waals surface area contributed by atoms with Gasteiger partial charge in [-0.3, -0.25) is 0 Å². The first-order chi connectivity index (χ1) is 15.3. The predicted octanol–water partition coefficient (Wildman–Crippen LogP) is 4.11. The van der Waals surface area contributed by atoms with Gasteiger partial charge in [0.1, 0.15) is 5.82 Å². The van der Waals surface area contributed by atoms with Gasteiger partial charge in [-0.25, -0.2) is 9.78 Å². The van der Waals surface area contributed by atoms with Crippen LogP contribution in [0.4, 0.5) is 29.5 Å². The van der Waals surface area contributed by atoms with Crippen LogP contribution in [0.5, 0.6) is 0 Å². The van der Waals surface area contributed by atoms with Gasteiger partial charge in [-0.05, 0) is 30.5 Å². The fourth-order valence-corrected chi connectivity index (χ4v) is 4.44. The standard InChI is InChI=1S/C22H25ClF3N5O/c23-19-12-17(22(24,25)26)14-27-20(19)29-8-10-30(11-9-29)21(32)28-13-16-6-7-31(15-16)18-4-2-1-3-5-18/h1-5,12,14,16H,6-11,13,15H2,(H,28,32). The van der Waals surface area contributed by atoms with Crippen LogP contribution in [0.2, 0.25) is 5.02 Å². The van der Waals surface area contributed by atoms with Crippen molar-refractivity contribution in [3.05, 3.63) is 53.2 Å². The minimum atomic E-state index is -4.48. The number of hydrogen-bond acceptors (Lipinski definition) is 4. The zero-order valence-electron chi connectivity index (χ0n) is 17.5. The van der Waals surface area contributed by atoms with E-state index in [0.717, 1.165) is 31.8 Å². The first kappa shape index (κ1) is 22.5. The first-order valence-electron chi connectivity index (χ1n) is 10.6. The number of urea groups is 1. The number of alkyl halides is 3. The summed E-state index contributed by atoms with van der Waals surface area (Å²) in [4.78, 5) is 22.4. The Bertz CT molecular complexity index is 935. The number of pyridine rings is 1. The van der Waals surface area contributed by atoms with Crippen LogP contribution in [-0.2, 0) is 6.18 Å². The zero-order valence-corrected chi connectivity index (χ0v) is 18.2. The van der Waals surface area contributed by atoms with E-state index in [9.17, 15) is 18.0 Å². The van der Waals surface area contributed by atoms with E-state index in [1.807, 2.05) is 18.2 Å². The highest BCUT2D eigenvalue weighted by atomic mass is 35.5. The highest BCUT2D eigenvalue weighted by molar-refractivity contribution is 6.33. The van der Waals surface area contributed by atoms with Crippen molar-refractivity contribution >= 4 is 29.1 Å². The Morgan fingerprint density at radius 2 is 1.81 bits per heavy atom. The predicted molar refractivity (Wildman–Crippen MR) is 118 cm³/mol. The number of nitrogens with zero attached hydrogens (tertiary/aromatic N) is 4. The Hall–Kier alpha value is -2.68. The molecule has 2 aliphatic heterocycles. The van der Waals surface area contributed by atoms with Crippen molar-refractivity contribution in [1.82, 2.24) is 15.2 Å². The first-order valence-corrected chi connectivity index (χ1v) is 11.0. The second kappa shape index (κ2) is 9.44. The van der Waals surface area contributed by atoms with Crippen molar-refractivity contribution in [2.24, 2.45) is 5.92 Å². The lowest BCUT2D eigenvalue weighted by Gasteiger charge is -2.36. The molecule has 32 heavy (non-hydrogen) atoms. The van der Waals surface area contributed by atoms with Gasteiger partial charge in [0.2, 0.25) is 0 Å². The number of para-hydroxylation sites is 1. The third-order valence-electron chi connectivity index (χ3n) is 5.96. The molecule has 0 radical (unpaired) electrons. The number of piperazine rings is 1. The summed E-state index contributed by atoms with van der Waals surface area (Å²) in [5.41, 5.74) is 0.329. The fourth-order valence-electron chi connectivity index (χ4n) is 4.16. The monoisotopic (exact) mass is 467 g/mol. The highest BCUT2D eigenvalue weighted by Gasteiger charge is 2.32. The molecule has 2 amide bonds. The number of aromatic nitrogens is 1. The minimum Gasteiger partial charge on any atom is -0.371 e. The number of benzene rings is 1. The van der Waals surface area contributed by atoms with Gasteiger partial charge < -0.3 is 20.0 Å². The molecule has 172 valence electrons. The van der Waals surface area contributed by atoms with Gasteiger partial charge in [0.15, 0.2) is 0 Å². The number of rotatable bonds is 4. The molecular formula is C22H25ClF3N5O. The van der Waals surface area contributed by atoms with E-state index in [4.69, 9.17) is 11.6 Å². The van der Waals surface area contributed by atoms with E-state index in [0.29, 0.717) is 44.5 Å². The normalized spacial score (nSPS) is 19.4. The summed E-state index contributed by atoms with van der Waals surface area (Å²) in [6, 6.07) is 11.0. The van der Waals surface area contributed by atoms with Gasteiger partial charge in [-0.15, -0.1) is 0 Å². The molecule has 1 unspecified atom stereocenters. The van der Waals surface area contributed by atoms with Crippen molar-refractivity contribution in [2.75, 3.05) is 55.6 Å². The number of carbonyl (C=O) groups is 1. The van der Waals surface area contributed by atoms with Gasteiger partial charge in [0, 0.05) is 57.7 Å². The van der Waals surface area contributed by atoms with Gasteiger partial charge in [0.05, 0.1) is 10.6 Å². The topological polar surface area (TPSA) is 51.7 Å². The number of anilines is 2. The quantitative estimate of drug-likeness (QED) is 0.735. The van der Waals surface area contributed by atoms with Crippen LogP contribution in [0.1, 0.15) is 12.0 Å². The zero-order chi connectivity index (χ0) is 22.7. The Balaban J connectivity index is 1.24. The van der Waals surface area contributed by atoms with Crippen LogP contribution in [0, 0.1) is 5.92 Å². The van der Waals surface area contributed by atoms with Crippen molar-refractivity contribution in [3.63, 3.8) is 0 Å². The molecule has 0 spiro atoms. The SMILES string of the molecule is O=C(NCC1CCN(c2ccccc2)C1)N1CCN(c2ncc(C(F)(F)F)cc2Cl)CC1. The number of amides is 2. The number of nitrogens with one attached hydrogen (secondary N) is 1. The second-order valence-corrected chi connectivity index (χ2v) is 8.53. The smallest absolute Gasteiger partial charge is 0.371 e. The summed E-state index contributed by atoms with van der Waals surface area (Å²) < 4.78 is 38.4. The van der Waals surface area contributed by atoms with Crippen LogP contribution in [0.15, 0.2) is 42.6 Å². The van der Waals surface area contributed by atoms with Gasteiger partial charge >= 0.3 is 12.2 Å². The number of halogens is 4. The lowest BCUT2D eigenvalue weighted by atomic mass is 10.1. The summed E-state index contributed by atoms with van der Waals surface area (Å²) in [6.07, 6.45) is -2.66. The number of carbonyl (C=O) groups excluding carboxylic acids is 1. The molecule has 2 aromatic rings. The van der Waals surface area contributed by atoms with Crippen LogP contribution >= 0.6 is 11.6 Å². The molecule has 1 N–H and O–H groups in total. The van der Waals surface area contributed by atoms with E-state index in [2.05, 4.69) is 27.3 Å². The van der Waals surface area contributed by atoms with Gasteiger partial charge in [-0.2, -0.15) is 13.2 Å². The molecule has 6 nitrogen and oxygen atoms in total. The third kappa shape index (κ3) is 5.20. The van der Waals surface area contributed by atoms with Crippen molar-refractivity contribution < 1.29 is 18.0 Å². The van der Waals surface area contributed by atoms with Crippen LogP contribution < -0.4 is 15.1 Å². The molecular weight excluding hydrogens is 443 g/mol. The second-order valence-electron chi connectivity index (χ2n) is 8.12. The highest BCUT2D eigenvalue weighted by Crippen LogP contribution is 2.33. The Labute approximate surface area is 190 Å². The van der Waals surface area contributed by atoms with Crippen molar-refractivity contribution in [2.45, 2.75) is 12.6 Å². The Morgan fingerprint density at radius 1 is 1.09 bits per heavy atom. The van der Waals surface area contributed by atoms with Gasteiger partial charge in [-0.1, -0.05) is 29.8 Å². The molecule has 10 heteroatoms. The summed E-state index contributed by atoms with van der Waals surface area (Å²) >= 11 is 6.05. The average Bonchev–Trinajstić information content (AvgIpc) is 3.27. The molecule has 1 aromatic carbocycles. The minimum absolute atomic E-state index is 0.0399. The van der Waals surface area contributed by atoms with E-state index in [1.165, 1.54) is 5.69 Å². The van der Waals surface area contributed by atoms with Crippen molar-refractivity contribution in [1.29, 1.82) is 0 Å². The summed E-state index contributed by atoms with van der Waals surface area (Å²) in [6.45, 7) is 4.32. The lowest BCUT2D eigenvalue weighted by molar-refractivity contribution is -0.137. The average molecular weight is 468 g/mol. The maximum absolute atomic E-state index is 12.8. The molecule has 4 rings (SSSR count). The van der Waals surface area contributed by atoms with E-state index >= 15 is 0 Å². The molecule has 2 saturated heterocycles. The summed E-state index contributed by atoms with van der Waals surface area (Å²) in [5.74, 6) is 0.710. The van der Waals surface area contributed by atoms with Crippen molar-refractivity contribution in [3.8, 4) is 0 Å². The van der Waals surface area contributed by atoms with Crippen LogP contribution in [0.25, 0.3) is 0 Å². The van der Waals surface area contributed by atoms with E-state index in [1.54, 1.807) is 9.80 Å². The summed E-state index contributed by atoms with van der Waals surface area (Å²) in [5, 5.41) is 2.99. The molecule has 3 heterocycles. The fraction of sp³-hybridized carbons (Fsp3) is 0.455. The molecule has 2 fully saturated rings. The van der Waals surface area contributed by atoms with Gasteiger partial charge in [0.25, 0.3) is 0 Å². The molecule has 0 saturated carbocycles. The maximum atomic E-state index is 12.8. The third-order valence-corrected chi connectivity index (χ3v) is 6.24.